The number of benzene rings is 2. The Hall–Kier alpha value is -3.76. The Morgan fingerprint density at radius 2 is 1.85 bits per heavy atom. The summed E-state index contributed by atoms with van der Waals surface area (Å²) < 4.78 is 15.7. The Morgan fingerprint density at radius 3 is 2.64 bits per heavy atom. The minimum atomic E-state index is -0.487. The number of nitrogen functional groups attached to an aromatic ring is 1. The lowest BCUT2D eigenvalue weighted by Gasteiger charge is -2.10. The number of aromatic nitrogens is 4. The molecule has 0 fully saturated rings. The molecule has 0 aliphatic carbocycles. The second-order valence-corrected chi connectivity index (χ2v) is 8.94. The van der Waals surface area contributed by atoms with Crippen LogP contribution in [0.25, 0.3) is 26.6 Å². The molecular weight excluding hydrogens is 459 g/mol. The van der Waals surface area contributed by atoms with Crippen molar-refractivity contribution in [1.82, 2.24) is 19.7 Å². The number of thioether (sulfide) groups is 1. The highest BCUT2D eigenvalue weighted by Crippen LogP contribution is 2.40. The average Bonchev–Trinajstić information content (AvgIpc) is 3.41. The van der Waals surface area contributed by atoms with E-state index in [0.29, 0.717) is 16.7 Å². The van der Waals surface area contributed by atoms with E-state index in [1.54, 1.807) is 18.3 Å². The molecule has 0 saturated carbocycles. The quantitative estimate of drug-likeness (QED) is 0.335. The number of para-hydroxylation sites is 2. The van der Waals surface area contributed by atoms with E-state index in [-0.39, 0.29) is 17.3 Å². The SMILES string of the molecule is Nc1c(-c2nnc(SCC(=O)Nc3ccccc3F)n2-c2ccccc2)sc2ncccc12. The van der Waals surface area contributed by atoms with Crippen LogP contribution in [0.15, 0.2) is 78.1 Å². The van der Waals surface area contributed by atoms with Crippen molar-refractivity contribution in [2.24, 2.45) is 0 Å². The molecule has 7 nitrogen and oxygen atoms in total. The van der Waals surface area contributed by atoms with Gasteiger partial charge in [0, 0.05) is 17.3 Å². The van der Waals surface area contributed by atoms with Crippen LogP contribution in [0.4, 0.5) is 15.8 Å². The first-order valence-corrected chi connectivity index (χ1v) is 11.7. The van der Waals surface area contributed by atoms with Crippen LogP contribution >= 0.6 is 23.1 Å². The number of nitrogens with two attached hydrogens (primary N) is 1. The summed E-state index contributed by atoms with van der Waals surface area (Å²) in [6, 6.07) is 19.4. The van der Waals surface area contributed by atoms with Gasteiger partial charge in [-0.05, 0) is 36.4 Å². The number of fused-ring (bicyclic) bond motifs is 1. The molecule has 3 heterocycles. The zero-order valence-corrected chi connectivity index (χ0v) is 18.7. The van der Waals surface area contributed by atoms with E-state index in [9.17, 15) is 9.18 Å². The van der Waals surface area contributed by atoms with Gasteiger partial charge in [0.1, 0.15) is 10.6 Å². The molecule has 1 amide bonds. The highest BCUT2D eigenvalue weighted by Gasteiger charge is 2.22. The van der Waals surface area contributed by atoms with E-state index < -0.39 is 5.82 Å². The van der Waals surface area contributed by atoms with Crippen molar-refractivity contribution in [2.75, 3.05) is 16.8 Å². The normalized spacial score (nSPS) is 11.1. The molecule has 0 spiro atoms. The fourth-order valence-electron chi connectivity index (χ4n) is 3.32. The van der Waals surface area contributed by atoms with E-state index in [2.05, 4.69) is 20.5 Å². The zero-order valence-electron chi connectivity index (χ0n) is 17.1. The monoisotopic (exact) mass is 476 g/mol. The zero-order chi connectivity index (χ0) is 22.8. The van der Waals surface area contributed by atoms with E-state index in [1.807, 2.05) is 47.0 Å². The first-order valence-electron chi connectivity index (χ1n) is 9.93. The standard InChI is InChI=1S/C23H17FN6OS2/c24-16-10-4-5-11-17(16)27-18(31)13-32-23-29-28-21(30(23)14-7-2-1-3-8-14)20-19(25)15-9-6-12-26-22(15)33-20/h1-12H,13,25H2,(H,27,31). The van der Waals surface area contributed by atoms with Crippen molar-refractivity contribution >= 4 is 50.6 Å². The van der Waals surface area contributed by atoms with Crippen LogP contribution in [0.5, 0.6) is 0 Å². The molecule has 10 heteroatoms. The number of hydrogen-bond acceptors (Lipinski definition) is 7. The highest BCUT2D eigenvalue weighted by atomic mass is 32.2. The van der Waals surface area contributed by atoms with Crippen LogP contribution in [0.2, 0.25) is 0 Å². The van der Waals surface area contributed by atoms with Crippen molar-refractivity contribution in [1.29, 1.82) is 0 Å². The van der Waals surface area contributed by atoms with Gasteiger partial charge < -0.3 is 11.1 Å². The summed E-state index contributed by atoms with van der Waals surface area (Å²) in [5.74, 6) is -0.235. The highest BCUT2D eigenvalue weighted by molar-refractivity contribution is 7.99. The van der Waals surface area contributed by atoms with Gasteiger partial charge in [0.2, 0.25) is 5.91 Å². The van der Waals surface area contributed by atoms with Gasteiger partial charge in [-0.2, -0.15) is 0 Å². The molecule has 5 rings (SSSR count). The number of anilines is 2. The van der Waals surface area contributed by atoms with Crippen LogP contribution in [0.1, 0.15) is 0 Å². The van der Waals surface area contributed by atoms with Gasteiger partial charge in [-0.1, -0.05) is 42.1 Å². The molecule has 0 saturated heterocycles. The molecule has 0 unspecified atom stereocenters. The van der Waals surface area contributed by atoms with Gasteiger partial charge in [-0.15, -0.1) is 21.5 Å². The molecule has 164 valence electrons. The van der Waals surface area contributed by atoms with Gasteiger partial charge >= 0.3 is 0 Å². The number of carbonyl (C=O) groups is 1. The van der Waals surface area contributed by atoms with E-state index in [1.165, 1.54) is 35.2 Å². The summed E-state index contributed by atoms with van der Waals surface area (Å²) in [4.78, 5) is 18.4. The molecule has 0 bridgehead atoms. The van der Waals surface area contributed by atoms with Crippen LogP contribution in [0.3, 0.4) is 0 Å². The number of pyridine rings is 1. The molecule has 3 aromatic heterocycles. The Morgan fingerprint density at radius 1 is 1.06 bits per heavy atom. The van der Waals surface area contributed by atoms with Crippen LogP contribution in [0, 0.1) is 5.82 Å². The minimum Gasteiger partial charge on any atom is -0.397 e. The number of nitrogens with zero attached hydrogens (tertiary/aromatic N) is 4. The third kappa shape index (κ3) is 4.18. The number of rotatable bonds is 6. The van der Waals surface area contributed by atoms with E-state index in [4.69, 9.17) is 5.73 Å². The maximum atomic E-state index is 13.9. The molecule has 0 radical (unpaired) electrons. The number of amides is 1. The summed E-state index contributed by atoms with van der Waals surface area (Å²) in [5, 5.41) is 12.7. The molecule has 0 aliphatic rings. The number of hydrogen-bond donors (Lipinski definition) is 2. The third-order valence-electron chi connectivity index (χ3n) is 4.84. The molecule has 33 heavy (non-hydrogen) atoms. The second kappa shape index (κ2) is 9.00. The van der Waals surface area contributed by atoms with Crippen LogP contribution < -0.4 is 11.1 Å². The maximum Gasteiger partial charge on any atom is 0.234 e. The first kappa shape index (κ1) is 21.1. The van der Waals surface area contributed by atoms with Crippen molar-refractivity contribution in [3.05, 3.63) is 78.7 Å². The number of thiophene rings is 1. The smallest absolute Gasteiger partial charge is 0.234 e. The van der Waals surface area contributed by atoms with E-state index in [0.717, 1.165) is 20.8 Å². The molecule has 0 aliphatic heterocycles. The second-order valence-electron chi connectivity index (χ2n) is 6.99. The molecule has 0 atom stereocenters. The predicted octanol–water partition coefficient (Wildman–Crippen LogP) is 5.00. The average molecular weight is 477 g/mol. The van der Waals surface area contributed by atoms with E-state index >= 15 is 0 Å². The number of nitrogens with one attached hydrogen (secondary N) is 1. The summed E-state index contributed by atoms with van der Waals surface area (Å²) in [5.41, 5.74) is 7.99. The van der Waals surface area contributed by atoms with Gasteiger partial charge in [-0.3, -0.25) is 9.36 Å². The van der Waals surface area contributed by atoms with Crippen molar-refractivity contribution in [3.8, 4) is 16.4 Å². The summed E-state index contributed by atoms with van der Waals surface area (Å²) >= 11 is 2.64. The lowest BCUT2D eigenvalue weighted by Crippen LogP contribution is -2.15. The molecule has 5 aromatic rings. The minimum absolute atomic E-state index is 0.0305. The van der Waals surface area contributed by atoms with Gasteiger partial charge in [0.05, 0.1) is 22.0 Å². The first-order chi connectivity index (χ1) is 16.1. The predicted molar refractivity (Wildman–Crippen MR) is 130 cm³/mol. The maximum absolute atomic E-state index is 13.9. The fourth-order valence-corrected chi connectivity index (χ4v) is 5.11. The summed E-state index contributed by atoms with van der Waals surface area (Å²) in [6.07, 6.45) is 1.72. The third-order valence-corrected chi connectivity index (χ3v) is 6.89. The largest absolute Gasteiger partial charge is 0.397 e. The van der Waals surface area contributed by atoms with Gasteiger partial charge in [-0.25, -0.2) is 9.37 Å². The topological polar surface area (TPSA) is 98.7 Å². The molecule has 3 N–H and O–H groups in total. The van der Waals surface area contributed by atoms with Gasteiger partial charge in [0.25, 0.3) is 0 Å². The lowest BCUT2D eigenvalue weighted by atomic mass is 10.2. The Kier molecular flexibility index (Phi) is 5.76. The Bertz CT molecular complexity index is 1450. The Balaban J connectivity index is 1.48. The van der Waals surface area contributed by atoms with Crippen molar-refractivity contribution < 1.29 is 9.18 Å². The van der Waals surface area contributed by atoms with Crippen LogP contribution in [-0.2, 0) is 4.79 Å². The van der Waals surface area contributed by atoms with Gasteiger partial charge in [0.15, 0.2) is 11.0 Å². The summed E-state index contributed by atoms with van der Waals surface area (Å²) in [6.45, 7) is 0. The molecular formula is C23H17FN6OS2. The van der Waals surface area contributed by atoms with Crippen LogP contribution in [-0.4, -0.2) is 31.4 Å². The number of halogens is 1. The Labute approximate surface area is 196 Å². The van der Waals surface area contributed by atoms with Crippen molar-refractivity contribution in [2.45, 2.75) is 5.16 Å². The lowest BCUT2D eigenvalue weighted by molar-refractivity contribution is -0.113. The summed E-state index contributed by atoms with van der Waals surface area (Å²) in [7, 11) is 0. The number of carbonyl (C=O) groups excluding carboxylic acids is 1. The molecule has 2 aromatic carbocycles. The van der Waals surface area contributed by atoms with Crippen molar-refractivity contribution in [3.63, 3.8) is 0 Å². The fraction of sp³-hybridized carbons (Fsp3) is 0.0435.